The number of carbonyl (C=O) groups excluding carboxylic acids is 1. The van der Waals surface area contributed by atoms with Crippen molar-refractivity contribution < 1.29 is 9.53 Å². The van der Waals surface area contributed by atoms with Gasteiger partial charge < -0.3 is 9.64 Å². The lowest BCUT2D eigenvalue weighted by atomic mass is 9.91. The number of piperazine rings is 1. The number of ether oxygens (including phenoxy) is 1. The Labute approximate surface area is 149 Å². The van der Waals surface area contributed by atoms with Crippen LogP contribution in [0.15, 0.2) is 24.5 Å². The monoisotopic (exact) mass is 344 g/mol. The molecule has 136 valence electrons. The van der Waals surface area contributed by atoms with Crippen LogP contribution in [0.1, 0.15) is 24.8 Å². The molecule has 3 fully saturated rings. The molecule has 1 amide bonds. The summed E-state index contributed by atoms with van der Waals surface area (Å²) in [6.07, 6.45) is 6.82. The van der Waals surface area contributed by atoms with E-state index in [1.165, 1.54) is 5.56 Å². The fourth-order valence-corrected chi connectivity index (χ4v) is 4.64. The van der Waals surface area contributed by atoms with E-state index in [0.717, 1.165) is 65.2 Å². The highest BCUT2D eigenvalue weighted by Gasteiger charge is 2.53. The molecular weight excluding hydrogens is 316 g/mol. The van der Waals surface area contributed by atoms with Crippen LogP contribution in [0.2, 0.25) is 0 Å². The smallest absolute Gasteiger partial charge is 0.244 e. The molecule has 0 N–H and O–H groups in total. The molecule has 0 aromatic carbocycles. The number of rotatable bonds is 3. The molecular formula is C19H28N4O2. The Bertz CT molecular complexity index is 605. The molecule has 1 unspecified atom stereocenters. The number of hydrogen-bond donors (Lipinski definition) is 0. The Morgan fingerprint density at radius 1 is 1.28 bits per heavy atom. The van der Waals surface area contributed by atoms with Crippen LogP contribution in [0.3, 0.4) is 0 Å². The SMILES string of the molecule is CN1CCN(Cc2cccnc2)C2(CCN(C3CCOCC3)C2)C1=O. The molecule has 0 aliphatic carbocycles. The quantitative estimate of drug-likeness (QED) is 0.818. The highest BCUT2D eigenvalue weighted by molar-refractivity contribution is 5.87. The van der Waals surface area contributed by atoms with E-state index < -0.39 is 0 Å². The molecule has 3 saturated heterocycles. The van der Waals surface area contributed by atoms with Crippen LogP contribution in [0.5, 0.6) is 0 Å². The van der Waals surface area contributed by atoms with Crippen molar-refractivity contribution in [3.63, 3.8) is 0 Å². The van der Waals surface area contributed by atoms with Gasteiger partial charge in [0.1, 0.15) is 5.54 Å². The van der Waals surface area contributed by atoms with Crippen molar-refractivity contribution >= 4 is 5.91 Å². The Morgan fingerprint density at radius 2 is 2.12 bits per heavy atom. The Balaban J connectivity index is 1.55. The van der Waals surface area contributed by atoms with Crippen molar-refractivity contribution in [2.24, 2.45) is 0 Å². The number of pyridine rings is 1. The minimum atomic E-state index is -0.374. The van der Waals surface area contributed by atoms with Crippen LogP contribution in [-0.4, -0.2) is 83.6 Å². The first-order valence-electron chi connectivity index (χ1n) is 9.40. The van der Waals surface area contributed by atoms with Gasteiger partial charge in [0.05, 0.1) is 0 Å². The third-order valence-corrected chi connectivity index (χ3v) is 6.14. The normalized spacial score (nSPS) is 29.6. The van der Waals surface area contributed by atoms with E-state index >= 15 is 0 Å². The zero-order valence-electron chi connectivity index (χ0n) is 15.1. The van der Waals surface area contributed by atoms with Crippen LogP contribution >= 0.6 is 0 Å². The number of hydrogen-bond acceptors (Lipinski definition) is 5. The standard InChI is InChI=1S/C19H28N4O2/c1-21-9-10-23(14-16-3-2-7-20-13-16)19(18(21)24)6-8-22(15-19)17-4-11-25-12-5-17/h2-3,7,13,17H,4-6,8-12,14-15H2,1H3. The third-order valence-electron chi connectivity index (χ3n) is 6.14. The van der Waals surface area contributed by atoms with Gasteiger partial charge in [-0.15, -0.1) is 0 Å². The molecule has 1 aromatic heterocycles. The summed E-state index contributed by atoms with van der Waals surface area (Å²) >= 11 is 0. The Morgan fingerprint density at radius 3 is 2.88 bits per heavy atom. The van der Waals surface area contributed by atoms with E-state index in [2.05, 4.69) is 20.9 Å². The number of aromatic nitrogens is 1. The summed E-state index contributed by atoms with van der Waals surface area (Å²) in [6, 6.07) is 4.64. The minimum Gasteiger partial charge on any atom is -0.381 e. The van der Waals surface area contributed by atoms with Crippen molar-refractivity contribution in [3.8, 4) is 0 Å². The summed E-state index contributed by atoms with van der Waals surface area (Å²) in [5.74, 6) is 0.289. The number of nitrogens with zero attached hydrogens (tertiary/aromatic N) is 4. The molecule has 6 nitrogen and oxygen atoms in total. The molecule has 1 atom stereocenters. The maximum Gasteiger partial charge on any atom is 0.244 e. The van der Waals surface area contributed by atoms with Gasteiger partial charge in [-0.3, -0.25) is 19.6 Å². The molecule has 6 heteroatoms. The number of likely N-dealkylation sites (N-methyl/N-ethyl adjacent to an activating group) is 1. The molecule has 4 heterocycles. The van der Waals surface area contributed by atoms with Crippen molar-refractivity contribution in [1.82, 2.24) is 19.7 Å². The van der Waals surface area contributed by atoms with E-state index in [1.807, 2.05) is 24.2 Å². The first-order valence-corrected chi connectivity index (χ1v) is 9.40. The van der Waals surface area contributed by atoms with Crippen molar-refractivity contribution in [1.29, 1.82) is 0 Å². The fourth-order valence-electron chi connectivity index (χ4n) is 4.64. The van der Waals surface area contributed by atoms with Gasteiger partial charge in [-0.25, -0.2) is 0 Å². The summed E-state index contributed by atoms with van der Waals surface area (Å²) in [6.45, 7) is 6.09. The molecule has 25 heavy (non-hydrogen) atoms. The molecule has 1 aromatic rings. The van der Waals surface area contributed by atoms with Gasteiger partial charge in [0.15, 0.2) is 0 Å². The number of likely N-dealkylation sites (tertiary alicyclic amines) is 1. The molecule has 1 spiro atoms. The number of amides is 1. The largest absolute Gasteiger partial charge is 0.381 e. The lowest BCUT2D eigenvalue weighted by Gasteiger charge is -2.47. The molecule has 0 bridgehead atoms. The van der Waals surface area contributed by atoms with Crippen molar-refractivity contribution in [2.75, 3.05) is 46.4 Å². The summed E-state index contributed by atoms with van der Waals surface area (Å²) in [5.41, 5.74) is 0.810. The van der Waals surface area contributed by atoms with Crippen LogP contribution in [-0.2, 0) is 16.1 Å². The summed E-state index contributed by atoms with van der Waals surface area (Å²) in [5, 5.41) is 0. The molecule has 0 saturated carbocycles. The second kappa shape index (κ2) is 7.02. The van der Waals surface area contributed by atoms with Crippen LogP contribution in [0.25, 0.3) is 0 Å². The first-order chi connectivity index (χ1) is 12.2. The lowest BCUT2D eigenvalue weighted by molar-refractivity contribution is -0.149. The lowest BCUT2D eigenvalue weighted by Crippen LogP contribution is -2.66. The summed E-state index contributed by atoms with van der Waals surface area (Å²) < 4.78 is 5.52. The van der Waals surface area contributed by atoms with Gasteiger partial charge in [-0.1, -0.05) is 6.07 Å². The van der Waals surface area contributed by atoms with Crippen LogP contribution in [0.4, 0.5) is 0 Å². The van der Waals surface area contributed by atoms with Gasteiger partial charge in [-0.2, -0.15) is 0 Å². The topological polar surface area (TPSA) is 48.9 Å². The van der Waals surface area contributed by atoms with Crippen molar-refractivity contribution in [2.45, 2.75) is 37.4 Å². The predicted octanol–water partition coefficient (Wildman–Crippen LogP) is 0.979. The molecule has 3 aliphatic heterocycles. The van der Waals surface area contributed by atoms with E-state index in [-0.39, 0.29) is 11.4 Å². The second-order valence-electron chi connectivity index (χ2n) is 7.61. The highest BCUT2D eigenvalue weighted by Crippen LogP contribution is 2.36. The maximum absolute atomic E-state index is 13.2. The third kappa shape index (κ3) is 3.18. The number of carbonyl (C=O) groups is 1. The first kappa shape index (κ1) is 16.9. The highest BCUT2D eigenvalue weighted by atomic mass is 16.5. The Kier molecular flexibility index (Phi) is 4.75. The Hall–Kier alpha value is -1.50. The molecule has 3 aliphatic rings. The van der Waals surface area contributed by atoms with Gasteiger partial charge in [0.25, 0.3) is 0 Å². The van der Waals surface area contributed by atoms with Gasteiger partial charge in [0.2, 0.25) is 5.91 Å². The summed E-state index contributed by atoms with van der Waals surface area (Å²) in [4.78, 5) is 24.3. The second-order valence-corrected chi connectivity index (χ2v) is 7.61. The van der Waals surface area contributed by atoms with Crippen LogP contribution in [0, 0.1) is 0 Å². The summed E-state index contributed by atoms with van der Waals surface area (Å²) in [7, 11) is 1.95. The predicted molar refractivity (Wildman–Crippen MR) is 95.0 cm³/mol. The average Bonchev–Trinajstić information content (AvgIpc) is 3.11. The van der Waals surface area contributed by atoms with Gasteiger partial charge in [0, 0.05) is 71.4 Å². The zero-order chi connectivity index (χ0) is 17.3. The van der Waals surface area contributed by atoms with E-state index in [0.29, 0.717) is 6.04 Å². The van der Waals surface area contributed by atoms with E-state index in [9.17, 15) is 4.79 Å². The minimum absolute atomic E-state index is 0.289. The van der Waals surface area contributed by atoms with E-state index in [1.54, 1.807) is 6.20 Å². The van der Waals surface area contributed by atoms with Crippen LogP contribution < -0.4 is 0 Å². The zero-order valence-corrected chi connectivity index (χ0v) is 15.1. The molecule has 0 radical (unpaired) electrons. The molecule has 4 rings (SSSR count). The van der Waals surface area contributed by atoms with E-state index in [4.69, 9.17) is 4.74 Å². The van der Waals surface area contributed by atoms with Gasteiger partial charge in [-0.05, 0) is 30.9 Å². The average molecular weight is 344 g/mol. The van der Waals surface area contributed by atoms with Crippen molar-refractivity contribution in [3.05, 3.63) is 30.1 Å². The maximum atomic E-state index is 13.2. The fraction of sp³-hybridized carbons (Fsp3) is 0.684. The van der Waals surface area contributed by atoms with Gasteiger partial charge >= 0.3 is 0 Å².